The predicted octanol–water partition coefficient (Wildman–Crippen LogP) is 6.97. The SMILES string of the molecule is Cc1ccc(-c2cc(Cl)ccc2C)cc1CC(=O)Cc1c(F)c(F)c(C(F)(F)F)c(F)c1F.O=C=O. The van der Waals surface area contributed by atoms with E-state index in [1.165, 1.54) is 0 Å². The number of alkyl halides is 3. The number of aryl methyl sites for hydroxylation is 2. The smallest absolute Gasteiger partial charge is 0.299 e. The zero-order chi connectivity index (χ0) is 27.4. The molecular formula is C25H16ClF7O3. The molecule has 0 saturated carbocycles. The van der Waals surface area contributed by atoms with Gasteiger partial charge in [-0.2, -0.15) is 22.8 Å². The number of hydrogen-bond acceptors (Lipinski definition) is 3. The van der Waals surface area contributed by atoms with Crippen molar-refractivity contribution in [1.82, 2.24) is 0 Å². The Hall–Kier alpha value is -3.49. The number of benzene rings is 3. The van der Waals surface area contributed by atoms with Crippen LogP contribution in [-0.2, 0) is 33.4 Å². The van der Waals surface area contributed by atoms with Crippen molar-refractivity contribution < 1.29 is 45.1 Å². The molecule has 3 aromatic rings. The number of carbonyl (C=O) groups is 1. The standard InChI is InChI=1S/C24H16ClF7O.CO2/c1-11-3-5-13(17-9-15(25)6-4-12(17)2)7-14(11)8-16(33)10-18-20(26)22(28)19(24(30,31)32)23(29)21(18)27;2-1-3/h3-7,9H,8,10H2,1-2H3;. The highest BCUT2D eigenvalue weighted by Gasteiger charge is 2.42. The van der Waals surface area contributed by atoms with E-state index >= 15 is 0 Å². The van der Waals surface area contributed by atoms with Crippen LogP contribution in [0.1, 0.15) is 27.8 Å². The fraction of sp³-hybridized carbons (Fsp3) is 0.200. The molecule has 0 heterocycles. The maximum atomic E-state index is 14.1. The zero-order valence-corrected chi connectivity index (χ0v) is 19.4. The second-order valence-corrected chi connectivity index (χ2v) is 8.12. The molecule has 3 nitrogen and oxygen atoms in total. The van der Waals surface area contributed by atoms with Crippen molar-refractivity contribution in [2.24, 2.45) is 0 Å². The van der Waals surface area contributed by atoms with Crippen LogP contribution in [0.5, 0.6) is 0 Å². The predicted molar refractivity (Wildman–Crippen MR) is 115 cm³/mol. The van der Waals surface area contributed by atoms with Gasteiger partial charge < -0.3 is 0 Å². The highest BCUT2D eigenvalue weighted by molar-refractivity contribution is 6.30. The summed E-state index contributed by atoms with van der Waals surface area (Å²) in [5.41, 5.74) is -0.507. The molecule has 36 heavy (non-hydrogen) atoms. The molecule has 0 N–H and O–H groups in total. The fourth-order valence-corrected chi connectivity index (χ4v) is 3.66. The van der Waals surface area contributed by atoms with Crippen LogP contribution in [0.25, 0.3) is 11.1 Å². The van der Waals surface area contributed by atoms with E-state index in [2.05, 4.69) is 0 Å². The summed E-state index contributed by atoms with van der Waals surface area (Å²) in [4.78, 5) is 28.7. The van der Waals surface area contributed by atoms with Gasteiger partial charge in [0.15, 0.2) is 23.3 Å². The minimum absolute atomic E-state index is 0.250. The highest BCUT2D eigenvalue weighted by atomic mass is 35.5. The molecule has 0 fully saturated rings. The number of halogens is 8. The van der Waals surface area contributed by atoms with Gasteiger partial charge in [-0.1, -0.05) is 35.9 Å². The Morgan fingerprint density at radius 2 is 1.36 bits per heavy atom. The molecule has 0 aromatic heterocycles. The monoisotopic (exact) mass is 532 g/mol. The second-order valence-electron chi connectivity index (χ2n) is 7.68. The van der Waals surface area contributed by atoms with Crippen molar-refractivity contribution in [2.75, 3.05) is 0 Å². The molecule has 190 valence electrons. The Balaban J connectivity index is 0.00000145. The molecule has 0 aliphatic rings. The van der Waals surface area contributed by atoms with Gasteiger partial charge in [0, 0.05) is 23.4 Å². The van der Waals surface area contributed by atoms with Crippen molar-refractivity contribution in [2.45, 2.75) is 32.9 Å². The van der Waals surface area contributed by atoms with Crippen LogP contribution in [0.15, 0.2) is 36.4 Å². The van der Waals surface area contributed by atoms with Crippen LogP contribution < -0.4 is 0 Å². The number of carbonyl (C=O) groups excluding carboxylic acids is 3. The molecule has 3 aromatic carbocycles. The van der Waals surface area contributed by atoms with Crippen molar-refractivity contribution in [3.05, 3.63) is 92.5 Å². The first-order valence-corrected chi connectivity index (χ1v) is 10.4. The van der Waals surface area contributed by atoms with Gasteiger partial charge >= 0.3 is 12.3 Å². The minimum Gasteiger partial charge on any atom is -0.299 e. The molecule has 0 saturated heterocycles. The van der Waals surface area contributed by atoms with Crippen molar-refractivity contribution in [3.63, 3.8) is 0 Å². The van der Waals surface area contributed by atoms with E-state index in [-0.39, 0.29) is 12.6 Å². The topological polar surface area (TPSA) is 51.2 Å². The number of hydrogen-bond donors (Lipinski definition) is 0. The molecule has 0 spiro atoms. The first-order chi connectivity index (χ1) is 16.7. The summed E-state index contributed by atoms with van der Waals surface area (Å²) in [5.74, 6) is -10.5. The summed E-state index contributed by atoms with van der Waals surface area (Å²) in [7, 11) is 0. The molecule has 0 atom stereocenters. The summed E-state index contributed by atoms with van der Waals surface area (Å²) in [6, 6.07) is 10.4. The lowest BCUT2D eigenvalue weighted by Gasteiger charge is -2.14. The molecule has 0 bridgehead atoms. The minimum atomic E-state index is -5.64. The molecule has 0 amide bonds. The maximum Gasteiger partial charge on any atom is 0.422 e. The largest absolute Gasteiger partial charge is 0.422 e. The van der Waals surface area contributed by atoms with E-state index in [0.29, 0.717) is 21.7 Å². The molecule has 0 unspecified atom stereocenters. The van der Waals surface area contributed by atoms with Gasteiger partial charge in [0.1, 0.15) is 11.3 Å². The quantitative estimate of drug-likeness (QED) is 0.263. The van der Waals surface area contributed by atoms with Gasteiger partial charge in [0.25, 0.3) is 0 Å². The molecular weight excluding hydrogens is 517 g/mol. The Kier molecular flexibility index (Phi) is 9.18. The maximum absolute atomic E-state index is 14.1. The van der Waals surface area contributed by atoms with Gasteiger partial charge in [-0.15, -0.1) is 0 Å². The van der Waals surface area contributed by atoms with Gasteiger partial charge in [0.05, 0.1) is 0 Å². The second kappa shape index (κ2) is 11.5. The normalized spacial score (nSPS) is 10.9. The van der Waals surface area contributed by atoms with Crippen molar-refractivity contribution in [1.29, 1.82) is 0 Å². The Morgan fingerprint density at radius 1 is 0.833 bits per heavy atom. The lowest BCUT2D eigenvalue weighted by atomic mass is 9.93. The summed E-state index contributed by atoms with van der Waals surface area (Å²) >= 11 is 6.05. The van der Waals surface area contributed by atoms with Gasteiger partial charge in [-0.05, 0) is 53.8 Å². The lowest BCUT2D eigenvalue weighted by Crippen LogP contribution is -2.19. The molecule has 0 aliphatic heterocycles. The van der Waals surface area contributed by atoms with Gasteiger partial charge in [-0.25, -0.2) is 17.6 Å². The zero-order valence-electron chi connectivity index (χ0n) is 18.6. The van der Waals surface area contributed by atoms with Crippen LogP contribution in [0.3, 0.4) is 0 Å². The summed E-state index contributed by atoms with van der Waals surface area (Å²) in [6.45, 7) is 3.55. The third kappa shape index (κ3) is 6.38. The average molecular weight is 533 g/mol. The number of rotatable bonds is 5. The van der Waals surface area contributed by atoms with Gasteiger partial charge in [0.2, 0.25) is 0 Å². The van der Waals surface area contributed by atoms with Crippen LogP contribution in [-0.4, -0.2) is 11.9 Å². The van der Waals surface area contributed by atoms with E-state index in [1.807, 2.05) is 13.0 Å². The highest BCUT2D eigenvalue weighted by Crippen LogP contribution is 2.37. The Labute approximate surface area is 205 Å². The Morgan fingerprint density at radius 3 is 1.89 bits per heavy atom. The Bertz CT molecular complexity index is 1320. The average Bonchev–Trinajstić information content (AvgIpc) is 2.78. The number of ketones is 1. The van der Waals surface area contributed by atoms with E-state index in [4.69, 9.17) is 21.2 Å². The van der Waals surface area contributed by atoms with Crippen molar-refractivity contribution >= 4 is 23.5 Å². The summed E-state index contributed by atoms with van der Waals surface area (Å²) < 4.78 is 94.1. The van der Waals surface area contributed by atoms with Crippen LogP contribution in [0.4, 0.5) is 30.7 Å². The van der Waals surface area contributed by atoms with Crippen LogP contribution in [0, 0.1) is 37.1 Å². The summed E-state index contributed by atoms with van der Waals surface area (Å²) in [6.07, 6.45) is -6.87. The molecule has 0 aliphatic carbocycles. The first-order valence-electron chi connectivity index (χ1n) is 10.0. The van der Waals surface area contributed by atoms with E-state index in [0.717, 1.165) is 11.1 Å². The molecule has 11 heteroatoms. The van der Waals surface area contributed by atoms with Crippen molar-refractivity contribution in [3.8, 4) is 11.1 Å². The van der Waals surface area contributed by atoms with E-state index < -0.39 is 52.8 Å². The first kappa shape index (κ1) is 28.7. The third-order valence-electron chi connectivity index (χ3n) is 5.26. The molecule has 0 radical (unpaired) electrons. The van der Waals surface area contributed by atoms with Crippen LogP contribution in [0.2, 0.25) is 5.02 Å². The molecule has 3 rings (SSSR count). The number of Topliss-reactive ketones (excluding diaryl/α,β-unsaturated/α-hetero) is 1. The van der Waals surface area contributed by atoms with E-state index in [1.54, 1.807) is 37.3 Å². The van der Waals surface area contributed by atoms with Gasteiger partial charge in [-0.3, -0.25) is 4.79 Å². The fourth-order valence-electron chi connectivity index (χ4n) is 3.49. The third-order valence-corrected chi connectivity index (χ3v) is 5.49. The summed E-state index contributed by atoms with van der Waals surface area (Å²) in [5, 5.41) is 0.492. The lowest BCUT2D eigenvalue weighted by molar-refractivity contribution is -0.191. The van der Waals surface area contributed by atoms with Crippen LogP contribution >= 0.6 is 11.6 Å². The van der Waals surface area contributed by atoms with E-state index in [9.17, 15) is 35.5 Å².